The number of benzene rings is 1. The lowest BCUT2D eigenvalue weighted by Gasteiger charge is -2.26. The van der Waals surface area contributed by atoms with Gasteiger partial charge in [-0.2, -0.15) is 0 Å². The third-order valence-electron chi connectivity index (χ3n) is 7.32. The SMILES string of the molecule is CNCCC(C)C1CC=C(c2ccnc(Cc3ccc(C4CCC(C)CC4)cc3)n2)C=N1. The first-order chi connectivity index (χ1) is 15.6. The van der Waals surface area contributed by atoms with Crippen LogP contribution in [0.25, 0.3) is 5.57 Å². The first-order valence-corrected chi connectivity index (χ1v) is 12.4. The van der Waals surface area contributed by atoms with Gasteiger partial charge < -0.3 is 5.32 Å². The van der Waals surface area contributed by atoms with Crippen molar-refractivity contribution in [2.75, 3.05) is 13.6 Å². The van der Waals surface area contributed by atoms with Crippen LogP contribution < -0.4 is 5.32 Å². The molecule has 0 amide bonds. The van der Waals surface area contributed by atoms with E-state index >= 15 is 0 Å². The zero-order valence-corrected chi connectivity index (χ0v) is 19.9. The van der Waals surface area contributed by atoms with Crippen molar-refractivity contribution >= 4 is 11.8 Å². The molecule has 0 radical (unpaired) electrons. The molecule has 0 saturated heterocycles. The standard InChI is InChI=1S/C28H38N4/c1-20-4-8-23(9-5-20)24-10-6-22(7-11-24)18-28-30-17-15-27(32-28)25-12-13-26(31-19-25)21(2)14-16-29-3/h6-7,10-12,15,17,19-21,23,26,29H,4-5,8-9,13-14,16,18H2,1-3H3. The van der Waals surface area contributed by atoms with E-state index in [1.165, 1.54) is 36.8 Å². The van der Waals surface area contributed by atoms with Crippen LogP contribution in [0.4, 0.5) is 0 Å². The Balaban J connectivity index is 1.36. The normalized spacial score (nSPS) is 24.2. The molecule has 1 saturated carbocycles. The number of allylic oxidation sites excluding steroid dienone is 1. The average Bonchev–Trinajstić information content (AvgIpc) is 2.84. The second-order valence-corrected chi connectivity index (χ2v) is 9.84. The summed E-state index contributed by atoms with van der Waals surface area (Å²) in [7, 11) is 2.01. The van der Waals surface area contributed by atoms with E-state index in [4.69, 9.17) is 9.98 Å². The molecule has 2 heterocycles. The van der Waals surface area contributed by atoms with Gasteiger partial charge in [0.15, 0.2) is 0 Å². The van der Waals surface area contributed by atoms with Crippen LogP contribution in [0.15, 0.2) is 47.6 Å². The van der Waals surface area contributed by atoms with E-state index in [1.54, 1.807) is 0 Å². The van der Waals surface area contributed by atoms with Gasteiger partial charge in [0.05, 0.1) is 11.7 Å². The highest BCUT2D eigenvalue weighted by Gasteiger charge is 2.20. The van der Waals surface area contributed by atoms with Crippen LogP contribution in [0.1, 0.15) is 80.9 Å². The Morgan fingerprint density at radius 1 is 1.06 bits per heavy atom. The number of hydrogen-bond donors (Lipinski definition) is 1. The molecule has 2 unspecified atom stereocenters. The van der Waals surface area contributed by atoms with Crippen LogP contribution in [0, 0.1) is 11.8 Å². The summed E-state index contributed by atoms with van der Waals surface area (Å²) in [5.74, 6) is 3.09. The summed E-state index contributed by atoms with van der Waals surface area (Å²) in [4.78, 5) is 14.2. The van der Waals surface area contributed by atoms with Crippen molar-refractivity contribution in [1.82, 2.24) is 15.3 Å². The Morgan fingerprint density at radius 3 is 2.53 bits per heavy atom. The summed E-state index contributed by atoms with van der Waals surface area (Å²) in [5, 5.41) is 3.24. The summed E-state index contributed by atoms with van der Waals surface area (Å²) >= 11 is 0. The number of aliphatic imine (C=N–C) groups is 1. The van der Waals surface area contributed by atoms with Crippen molar-refractivity contribution in [3.63, 3.8) is 0 Å². The van der Waals surface area contributed by atoms with Gasteiger partial charge in [0.1, 0.15) is 5.82 Å². The summed E-state index contributed by atoms with van der Waals surface area (Å²) < 4.78 is 0. The molecule has 1 fully saturated rings. The zero-order valence-electron chi connectivity index (χ0n) is 19.9. The average molecular weight is 431 g/mol. The minimum Gasteiger partial charge on any atom is -0.320 e. The van der Waals surface area contributed by atoms with E-state index in [-0.39, 0.29) is 0 Å². The number of nitrogens with zero attached hydrogens (tertiary/aromatic N) is 3. The van der Waals surface area contributed by atoms with Crippen molar-refractivity contribution in [2.24, 2.45) is 16.8 Å². The number of rotatable bonds is 8. The fourth-order valence-corrected chi connectivity index (χ4v) is 4.98. The largest absolute Gasteiger partial charge is 0.320 e. The van der Waals surface area contributed by atoms with Gasteiger partial charge in [0.25, 0.3) is 0 Å². The highest BCUT2D eigenvalue weighted by atomic mass is 14.9. The summed E-state index contributed by atoms with van der Waals surface area (Å²) in [6.07, 6.45) is 14.5. The molecule has 2 aromatic rings. The Kier molecular flexibility index (Phi) is 7.85. The van der Waals surface area contributed by atoms with Gasteiger partial charge in [0, 0.05) is 24.4 Å². The van der Waals surface area contributed by atoms with Crippen LogP contribution in [-0.2, 0) is 6.42 Å². The van der Waals surface area contributed by atoms with Crippen LogP contribution >= 0.6 is 0 Å². The molecule has 1 aromatic carbocycles. The minimum absolute atomic E-state index is 0.374. The second-order valence-electron chi connectivity index (χ2n) is 9.84. The van der Waals surface area contributed by atoms with E-state index in [1.807, 2.05) is 25.5 Å². The van der Waals surface area contributed by atoms with Crippen LogP contribution in [0.2, 0.25) is 0 Å². The summed E-state index contributed by atoms with van der Waals surface area (Å²) in [5.41, 5.74) is 4.87. The Morgan fingerprint density at radius 2 is 1.84 bits per heavy atom. The first-order valence-electron chi connectivity index (χ1n) is 12.4. The molecule has 2 atom stereocenters. The molecule has 2 aliphatic rings. The second kappa shape index (κ2) is 11.0. The minimum atomic E-state index is 0.374. The van der Waals surface area contributed by atoms with E-state index in [0.717, 1.165) is 54.7 Å². The molecule has 4 rings (SSSR count). The zero-order chi connectivity index (χ0) is 22.3. The van der Waals surface area contributed by atoms with Crippen LogP contribution in [-0.4, -0.2) is 35.8 Å². The van der Waals surface area contributed by atoms with Gasteiger partial charge in [-0.1, -0.05) is 57.0 Å². The molecule has 0 spiro atoms. The molecule has 0 bridgehead atoms. The summed E-state index contributed by atoms with van der Waals surface area (Å²) in [6, 6.07) is 11.6. The predicted octanol–water partition coefficient (Wildman–Crippen LogP) is 5.83. The van der Waals surface area contributed by atoms with Gasteiger partial charge in [-0.05, 0) is 74.2 Å². The number of nitrogens with one attached hydrogen (secondary N) is 1. The monoisotopic (exact) mass is 430 g/mol. The Bertz CT molecular complexity index is 923. The third-order valence-corrected chi connectivity index (χ3v) is 7.32. The lowest BCUT2D eigenvalue weighted by atomic mass is 9.79. The molecule has 4 heteroatoms. The molecular formula is C28H38N4. The van der Waals surface area contributed by atoms with Crippen molar-refractivity contribution in [3.05, 3.63) is 65.2 Å². The Labute approximate surface area is 193 Å². The molecule has 1 aliphatic carbocycles. The molecule has 1 aromatic heterocycles. The van der Waals surface area contributed by atoms with Crippen LogP contribution in [0.3, 0.4) is 0 Å². The first kappa shape index (κ1) is 22.8. The lowest BCUT2D eigenvalue weighted by Crippen LogP contribution is -2.22. The van der Waals surface area contributed by atoms with Gasteiger partial charge in [-0.25, -0.2) is 9.97 Å². The highest BCUT2D eigenvalue weighted by molar-refractivity contribution is 6.09. The van der Waals surface area contributed by atoms with E-state index in [0.29, 0.717) is 12.0 Å². The lowest BCUT2D eigenvalue weighted by molar-refractivity contribution is 0.348. The van der Waals surface area contributed by atoms with Gasteiger partial charge >= 0.3 is 0 Å². The van der Waals surface area contributed by atoms with E-state index in [2.05, 4.69) is 54.5 Å². The molecule has 1 aliphatic heterocycles. The third kappa shape index (κ3) is 5.92. The van der Waals surface area contributed by atoms with Crippen molar-refractivity contribution in [1.29, 1.82) is 0 Å². The van der Waals surface area contributed by atoms with Gasteiger partial charge in [-0.15, -0.1) is 0 Å². The topological polar surface area (TPSA) is 50.2 Å². The smallest absolute Gasteiger partial charge is 0.133 e. The molecule has 32 heavy (non-hydrogen) atoms. The maximum Gasteiger partial charge on any atom is 0.133 e. The van der Waals surface area contributed by atoms with Crippen LogP contribution in [0.5, 0.6) is 0 Å². The molecule has 1 N–H and O–H groups in total. The Hall–Kier alpha value is -2.33. The number of aromatic nitrogens is 2. The van der Waals surface area contributed by atoms with E-state index in [9.17, 15) is 0 Å². The number of dihydropyridines is 1. The van der Waals surface area contributed by atoms with Crippen molar-refractivity contribution in [2.45, 2.75) is 70.8 Å². The van der Waals surface area contributed by atoms with Gasteiger partial charge in [0.2, 0.25) is 0 Å². The maximum atomic E-state index is 4.85. The molecular weight excluding hydrogens is 392 g/mol. The van der Waals surface area contributed by atoms with Gasteiger partial charge in [-0.3, -0.25) is 4.99 Å². The highest BCUT2D eigenvalue weighted by Crippen LogP contribution is 2.35. The fraction of sp³-hybridized carbons (Fsp3) is 0.536. The quantitative estimate of drug-likeness (QED) is 0.573. The maximum absolute atomic E-state index is 4.85. The van der Waals surface area contributed by atoms with Crippen molar-refractivity contribution in [3.8, 4) is 0 Å². The predicted molar refractivity (Wildman–Crippen MR) is 134 cm³/mol. The number of hydrogen-bond acceptors (Lipinski definition) is 4. The van der Waals surface area contributed by atoms with E-state index < -0.39 is 0 Å². The van der Waals surface area contributed by atoms with Crippen molar-refractivity contribution < 1.29 is 0 Å². The summed E-state index contributed by atoms with van der Waals surface area (Å²) in [6.45, 7) is 5.72. The molecule has 4 nitrogen and oxygen atoms in total. The molecule has 170 valence electrons. The fourth-order valence-electron chi connectivity index (χ4n) is 4.98.